The summed E-state index contributed by atoms with van der Waals surface area (Å²) in [5.41, 5.74) is 3.35. The van der Waals surface area contributed by atoms with E-state index in [0.717, 1.165) is 5.56 Å². The molecule has 0 aliphatic carbocycles. The maximum absolute atomic E-state index is 9.22. The van der Waals surface area contributed by atoms with E-state index >= 15 is 0 Å². The van der Waals surface area contributed by atoms with Gasteiger partial charge in [0.2, 0.25) is 0 Å². The summed E-state index contributed by atoms with van der Waals surface area (Å²) in [6.45, 7) is 12.6. The highest BCUT2D eigenvalue weighted by Crippen LogP contribution is 2.30. The zero-order valence-electron chi connectivity index (χ0n) is 11.2. The lowest BCUT2D eigenvalue weighted by atomic mass is 9.78. The average molecular weight is 215 g/mol. The SMILES string of the molecule is Cc1ccc(C(C)(C)C)cc1C(C)(C)C#N. The molecule has 0 aliphatic heterocycles. The lowest BCUT2D eigenvalue weighted by Crippen LogP contribution is -2.18. The molecule has 1 rings (SSSR count). The van der Waals surface area contributed by atoms with Crippen LogP contribution in [0.2, 0.25) is 0 Å². The van der Waals surface area contributed by atoms with Crippen molar-refractivity contribution < 1.29 is 0 Å². The number of aryl methyl sites for hydroxylation is 1. The van der Waals surface area contributed by atoms with Crippen molar-refractivity contribution in [1.82, 2.24) is 0 Å². The summed E-state index contributed by atoms with van der Waals surface area (Å²) in [5.74, 6) is 0. The second-order valence-corrected chi connectivity index (χ2v) is 6.02. The third-order valence-electron chi connectivity index (χ3n) is 3.06. The van der Waals surface area contributed by atoms with Crippen molar-refractivity contribution in [2.45, 2.75) is 52.4 Å². The smallest absolute Gasteiger partial charge is 0.0768 e. The van der Waals surface area contributed by atoms with Gasteiger partial charge in [0, 0.05) is 0 Å². The van der Waals surface area contributed by atoms with Gasteiger partial charge in [-0.1, -0.05) is 39.0 Å². The third kappa shape index (κ3) is 2.44. The molecule has 0 unspecified atom stereocenters. The van der Waals surface area contributed by atoms with Gasteiger partial charge in [-0.05, 0) is 42.9 Å². The lowest BCUT2D eigenvalue weighted by molar-refractivity contribution is 0.584. The van der Waals surface area contributed by atoms with Crippen LogP contribution in [0.1, 0.15) is 51.3 Å². The van der Waals surface area contributed by atoms with Crippen LogP contribution >= 0.6 is 0 Å². The van der Waals surface area contributed by atoms with Gasteiger partial charge in [-0.3, -0.25) is 0 Å². The monoisotopic (exact) mass is 215 g/mol. The summed E-state index contributed by atoms with van der Waals surface area (Å²) < 4.78 is 0. The molecule has 0 bridgehead atoms. The van der Waals surface area contributed by atoms with E-state index in [9.17, 15) is 5.26 Å². The molecule has 0 heterocycles. The van der Waals surface area contributed by atoms with Crippen molar-refractivity contribution in [1.29, 1.82) is 5.26 Å². The standard InChI is InChI=1S/C15H21N/c1-11-7-8-12(14(2,3)4)9-13(11)15(5,6)10-16/h7-9H,1-6H3. The first kappa shape index (κ1) is 12.8. The average Bonchev–Trinajstić information content (AvgIpc) is 2.16. The predicted octanol–water partition coefficient (Wildman–Crippen LogP) is 4.09. The molecule has 0 radical (unpaired) electrons. The molecule has 0 aromatic heterocycles. The Morgan fingerprint density at radius 1 is 1.06 bits per heavy atom. The quantitative estimate of drug-likeness (QED) is 0.692. The van der Waals surface area contributed by atoms with E-state index in [-0.39, 0.29) is 5.41 Å². The van der Waals surface area contributed by atoms with E-state index in [4.69, 9.17) is 0 Å². The Bertz CT molecular complexity index is 428. The predicted molar refractivity (Wildman–Crippen MR) is 68.5 cm³/mol. The van der Waals surface area contributed by atoms with Gasteiger partial charge in [-0.2, -0.15) is 5.26 Å². The summed E-state index contributed by atoms with van der Waals surface area (Å²) in [6, 6.07) is 8.84. The molecule has 0 saturated heterocycles. The summed E-state index contributed by atoms with van der Waals surface area (Å²) in [4.78, 5) is 0. The first-order chi connectivity index (χ1) is 7.18. The molecule has 1 nitrogen and oxygen atoms in total. The Morgan fingerprint density at radius 3 is 2.06 bits per heavy atom. The zero-order chi connectivity index (χ0) is 12.6. The largest absolute Gasteiger partial charge is 0.197 e. The Labute approximate surface area is 99.1 Å². The number of nitrogens with zero attached hydrogens (tertiary/aromatic N) is 1. The number of rotatable bonds is 1. The van der Waals surface area contributed by atoms with E-state index < -0.39 is 5.41 Å². The third-order valence-corrected chi connectivity index (χ3v) is 3.06. The van der Waals surface area contributed by atoms with E-state index in [1.807, 2.05) is 13.8 Å². The highest BCUT2D eigenvalue weighted by molar-refractivity contribution is 5.41. The fourth-order valence-corrected chi connectivity index (χ4v) is 1.82. The normalized spacial score (nSPS) is 12.3. The van der Waals surface area contributed by atoms with Gasteiger partial charge < -0.3 is 0 Å². The van der Waals surface area contributed by atoms with Crippen LogP contribution in [0.25, 0.3) is 0 Å². The zero-order valence-corrected chi connectivity index (χ0v) is 11.2. The Kier molecular flexibility index (Phi) is 3.15. The minimum absolute atomic E-state index is 0.133. The van der Waals surface area contributed by atoms with Gasteiger partial charge >= 0.3 is 0 Å². The first-order valence-electron chi connectivity index (χ1n) is 5.71. The Hall–Kier alpha value is -1.29. The molecule has 0 aliphatic rings. The molecule has 0 atom stereocenters. The van der Waals surface area contributed by atoms with Crippen molar-refractivity contribution in [2.75, 3.05) is 0 Å². The number of nitriles is 1. The van der Waals surface area contributed by atoms with Gasteiger partial charge in [-0.25, -0.2) is 0 Å². The van der Waals surface area contributed by atoms with Gasteiger partial charge in [0.05, 0.1) is 11.5 Å². The first-order valence-corrected chi connectivity index (χ1v) is 5.71. The van der Waals surface area contributed by atoms with Gasteiger partial charge in [0.25, 0.3) is 0 Å². The highest BCUT2D eigenvalue weighted by atomic mass is 14.3. The van der Waals surface area contributed by atoms with Crippen molar-refractivity contribution in [3.05, 3.63) is 34.9 Å². The van der Waals surface area contributed by atoms with E-state index in [2.05, 4.69) is 52.0 Å². The molecular formula is C15H21N. The molecule has 1 aromatic carbocycles. The van der Waals surface area contributed by atoms with Gasteiger partial charge in [0.15, 0.2) is 0 Å². The highest BCUT2D eigenvalue weighted by Gasteiger charge is 2.24. The Morgan fingerprint density at radius 2 is 1.62 bits per heavy atom. The van der Waals surface area contributed by atoms with Crippen LogP contribution < -0.4 is 0 Å². The molecule has 86 valence electrons. The molecule has 0 amide bonds. The summed E-state index contributed by atoms with van der Waals surface area (Å²) in [6.07, 6.45) is 0. The molecular weight excluding hydrogens is 194 g/mol. The summed E-state index contributed by atoms with van der Waals surface area (Å²) in [5, 5.41) is 9.22. The minimum atomic E-state index is -0.411. The van der Waals surface area contributed by atoms with Crippen LogP contribution in [0.3, 0.4) is 0 Å². The minimum Gasteiger partial charge on any atom is -0.197 e. The molecule has 0 N–H and O–H groups in total. The number of benzene rings is 1. The molecule has 1 aromatic rings. The van der Waals surface area contributed by atoms with Crippen molar-refractivity contribution in [3.63, 3.8) is 0 Å². The van der Waals surface area contributed by atoms with Crippen LogP contribution in [0.15, 0.2) is 18.2 Å². The molecule has 0 fully saturated rings. The van der Waals surface area contributed by atoms with Crippen molar-refractivity contribution in [2.24, 2.45) is 0 Å². The fraction of sp³-hybridized carbons (Fsp3) is 0.533. The van der Waals surface area contributed by atoms with Crippen LogP contribution in [-0.4, -0.2) is 0 Å². The summed E-state index contributed by atoms with van der Waals surface area (Å²) in [7, 11) is 0. The van der Waals surface area contributed by atoms with Gasteiger partial charge in [0.1, 0.15) is 0 Å². The second kappa shape index (κ2) is 3.94. The van der Waals surface area contributed by atoms with Crippen LogP contribution in [0.4, 0.5) is 0 Å². The van der Waals surface area contributed by atoms with E-state index in [0.29, 0.717) is 0 Å². The maximum atomic E-state index is 9.22. The molecule has 16 heavy (non-hydrogen) atoms. The topological polar surface area (TPSA) is 23.8 Å². The van der Waals surface area contributed by atoms with Gasteiger partial charge in [-0.15, -0.1) is 0 Å². The van der Waals surface area contributed by atoms with E-state index in [1.165, 1.54) is 11.1 Å². The molecule has 0 saturated carbocycles. The van der Waals surface area contributed by atoms with Crippen LogP contribution in [0, 0.1) is 18.3 Å². The van der Waals surface area contributed by atoms with Crippen molar-refractivity contribution >= 4 is 0 Å². The Balaban J connectivity index is 3.37. The van der Waals surface area contributed by atoms with E-state index in [1.54, 1.807) is 0 Å². The summed E-state index contributed by atoms with van der Waals surface area (Å²) >= 11 is 0. The maximum Gasteiger partial charge on any atom is 0.0768 e. The molecule has 0 spiro atoms. The molecule has 1 heteroatoms. The van der Waals surface area contributed by atoms with Crippen LogP contribution in [0.5, 0.6) is 0 Å². The van der Waals surface area contributed by atoms with Crippen molar-refractivity contribution in [3.8, 4) is 6.07 Å². The van der Waals surface area contributed by atoms with Crippen LogP contribution in [-0.2, 0) is 10.8 Å². The second-order valence-electron chi connectivity index (χ2n) is 6.02. The fourth-order valence-electron chi connectivity index (χ4n) is 1.82. The number of hydrogen-bond acceptors (Lipinski definition) is 1. The lowest BCUT2D eigenvalue weighted by Gasteiger charge is -2.24. The number of hydrogen-bond donors (Lipinski definition) is 0.